The van der Waals surface area contributed by atoms with E-state index in [-0.39, 0.29) is 5.91 Å². The fraction of sp³-hybridized carbons (Fsp3) is 0.560. The Morgan fingerprint density at radius 2 is 2.00 bits per heavy atom. The predicted molar refractivity (Wildman–Crippen MR) is 134 cm³/mol. The van der Waals surface area contributed by atoms with Crippen LogP contribution in [0.2, 0.25) is 0 Å². The topological polar surface area (TPSA) is 122 Å². The van der Waals surface area contributed by atoms with Crippen molar-refractivity contribution in [1.82, 2.24) is 19.4 Å². The Kier molecular flexibility index (Phi) is 8.18. The summed E-state index contributed by atoms with van der Waals surface area (Å²) >= 11 is 0. The number of imidazole rings is 1. The summed E-state index contributed by atoms with van der Waals surface area (Å²) in [5, 5.41) is 0.985. The number of carbonyl (C=O) groups excluding carboxylic acids is 1. The third kappa shape index (κ3) is 5.42. The molecule has 9 heteroatoms. The minimum Gasteiger partial charge on any atom is -0.493 e. The molecule has 4 N–H and O–H groups in total. The first-order chi connectivity index (χ1) is 16.6. The van der Waals surface area contributed by atoms with Crippen molar-refractivity contribution in [2.24, 2.45) is 5.73 Å². The highest BCUT2D eigenvalue weighted by Gasteiger charge is 2.19. The molecule has 0 radical (unpaired) electrons. The van der Waals surface area contributed by atoms with Crippen molar-refractivity contribution in [2.75, 3.05) is 38.6 Å². The number of aryl methyl sites for hydroxylation is 1. The number of nitrogens with zero attached hydrogens (tertiary/aromatic N) is 4. The summed E-state index contributed by atoms with van der Waals surface area (Å²) in [4.78, 5) is 23.3. The number of carbonyl (C=O) groups is 1. The van der Waals surface area contributed by atoms with Crippen molar-refractivity contribution in [1.29, 1.82) is 0 Å². The number of nitrogens with two attached hydrogens (primary N) is 2. The number of hydrogen-bond acceptors (Lipinski definition) is 7. The van der Waals surface area contributed by atoms with Crippen LogP contribution in [0.15, 0.2) is 18.2 Å². The largest absolute Gasteiger partial charge is 0.493 e. The molecule has 3 aromatic rings. The minimum atomic E-state index is 0.257. The average Bonchev–Trinajstić information content (AvgIpc) is 3.21. The first kappa shape index (κ1) is 24.2. The molecular weight excluding hydrogens is 432 g/mol. The second-order valence-electron chi connectivity index (χ2n) is 8.73. The molecule has 1 amide bonds. The number of benzene rings is 1. The summed E-state index contributed by atoms with van der Waals surface area (Å²) in [5.74, 6) is 2.25. The lowest BCUT2D eigenvalue weighted by molar-refractivity contribution is -0.133. The second-order valence-corrected chi connectivity index (χ2v) is 8.73. The van der Waals surface area contributed by atoms with E-state index in [1.807, 2.05) is 30.0 Å². The maximum Gasteiger partial charge on any atom is 0.222 e. The monoisotopic (exact) mass is 468 g/mol. The van der Waals surface area contributed by atoms with Gasteiger partial charge in [-0.3, -0.25) is 4.79 Å². The zero-order valence-electron chi connectivity index (χ0n) is 20.1. The summed E-state index contributed by atoms with van der Waals surface area (Å²) in [5.41, 5.74) is 14.5. The Morgan fingerprint density at radius 1 is 1.12 bits per heavy atom. The Morgan fingerprint density at radius 3 is 2.79 bits per heavy atom. The number of aromatic nitrogens is 3. The van der Waals surface area contributed by atoms with Gasteiger partial charge < -0.3 is 30.4 Å². The summed E-state index contributed by atoms with van der Waals surface area (Å²) in [7, 11) is 0. The number of anilines is 1. The molecule has 1 saturated heterocycles. The molecule has 0 atom stereocenters. The van der Waals surface area contributed by atoms with E-state index in [0.717, 1.165) is 79.7 Å². The fourth-order valence-electron chi connectivity index (χ4n) is 4.53. The van der Waals surface area contributed by atoms with Gasteiger partial charge in [0.1, 0.15) is 23.7 Å². The van der Waals surface area contributed by atoms with E-state index in [2.05, 4.69) is 9.55 Å². The highest BCUT2D eigenvalue weighted by Crippen LogP contribution is 2.31. The van der Waals surface area contributed by atoms with Crippen LogP contribution >= 0.6 is 0 Å². The smallest absolute Gasteiger partial charge is 0.222 e. The van der Waals surface area contributed by atoms with Crippen LogP contribution in [0.5, 0.6) is 5.75 Å². The Bertz CT molecular complexity index is 1130. The van der Waals surface area contributed by atoms with Gasteiger partial charge in [0.05, 0.1) is 17.6 Å². The molecule has 34 heavy (non-hydrogen) atoms. The number of rotatable bonds is 12. The highest BCUT2D eigenvalue weighted by atomic mass is 16.5. The fourth-order valence-corrected chi connectivity index (χ4v) is 4.53. The van der Waals surface area contributed by atoms with Crippen LogP contribution in [-0.2, 0) is 22.7 Å². The van der Waals surface area contributed by atoms with E-state index >= 15 is 0 Å². The van der Waals surface area contributed by atoms with Crippen LogP contribution in [0.4, 0.5) is 5.82 Å². The van der Waals surface area contributed by atoms with E-state index in [1.165, 1.54) is 0 Å². The number of hydrogen-bond donors (Lipinski definition) is 2. The van der Waals surface area contributed by atoms with Crippen molar-refractivity contribution in [3.63, 3.8) is 0 Å². The summed E-state index contributed by atoms with van der Waals surface area (Å²) in [6.45, 7) is 6.61. The van der Waals surface area contributed by atoms with Crippen LogP contribution in [0, 0.1) is 0 Å². The molecule has 1 fully saturated rings. The van der Waals surface area contributed by atoms with Gasteiger partial charge in [-0.2, -0.15) is 0 Å². The Balaban J connectivity index is 1.54. The van der Waals surface area contributed by atoms with Gasteiger partial charge in [-0.05, 0) is 57.7 Å². The van der Waals surface area contributed by atoms with E-state index in [1.54, 1.807) is 0 Å². The van der Waals surface area contributed by atoms with Gasteiger partial charge in [0, 0.05) is 44.1 Å². The molecule has 0 aliphatic carbocycles. The Labute approximate surface area is 200 Å². The van der Waals surface area contributed by atoms with Crippen LogP contribution in [0.1, 0.15) is 51.3 Å². The molecule has 184 valence electrons. The van der Waals surface area contributed by atoms with Gasteiger partial charge in [0.2, 0.25) is 5.91 Å². The summed E-state index contributed by atoms with van der Waals surface area (Å²) in [6.07, 6.45) is 5.45. The SMILES string of the molecule is CCOCc1nc2c(N)nc3cc(OCCCN4CCCCC4=O)ccc3c2n1CCCCN. The van der Waals surface area contributed by atoms with E-state index in [4.69, 9.17) is 25.9 Å². The van der Waals surface area contributed by atoms with Gasteiger partial charge in [-0.15, -0.1) is 0 Å². The number of nitrogen functional groups attached to an aromatic ring is 1. The Hall–Kier alpha value is -2.91. The molecule has 1 aromatic carbocycles. The second kappa shape index (κ2) is 11.5. The van der Waals surface area contributed by atoms with E-state index in [9.17, 15) is 4.79 Å². The molecule has 2 aromatic heterocycles. The maximum atomic E-state index is 12.0. The van der Waals surface area contributed by atoms with E-state index in [0.29, 0.717) is 44.1 Å². The molecule has 0 bridgehead atoms. The number of likely N-dealkylation sites (tertiary alicyclic amines) is 1. The predicted octanol–water partition coefficient (Wildman–Crippen LogP) is 3.22. The molecular formula is C25H36N6O3. The first-order valence-corrected chi connectivity index (χ1v) is 12.4. The average molecular weight is 469 g/mol. The first-order valence-electron chi connectivity index (χ1n) is 12.4. The number of piperidine rings is 1. The number of amides is 1. The minimum absolute atomic E-state index is 0.257. The number of pyridine rings is 1. The van der Waals surface area contributed by atoms with Gasteiger partial charge in [-0.25, -0.2) is 9.97 Å². The lowest BCUT2D eigenvalue weighted by Crippen LogP contribution is -2.36. The van der Waals surface area contributed by atoms with Crippen molar-refractivity contribution in [3.05, 3.63) is 24.0 Å². The summed E-state index contributed by atoms with van der Waals surface area (Å²) < 4.78 is 13.8. The molecule has 4 rings (SSSR count). The lowest BCUT2D eigenvalue weighted by atomic mass is 10.1. The van der Waals surface area contributed by atoms with Crippen molar-refractivity contribution in [3.8, 4) is 5.75 Å². The van der Waals surface area contributed by atoms with Crippen LogP contribution in [-0.4, -0.2) is 58.2 Å². The maximum absolute atomic E-state index is 12.0. The quantitative estimate of drug-likeness (QED) is 0.391. The van der Waals surface area contributed by atoms with E-state index < -0.39 is 0 Å². The molecule has 0 spiro atoms. The molecule has 0 unspecified atom stereocenters. The standard InChI is InChI=1S/C25H36N6O3/c1-2-33-17-21-29-23-24(31(21)14-6-4-11-26)19-10-9-18(16-20(19)28-25(23)27)34-15-7-13-30-12-5-3-8-22(30)32/h9-10,16H,2-8,11-15,17,26H2,1H3,(H2,27,28). The van der Waals surface area contributed by atoms with Crippen LogP contribution in [0.3, 0.4) is 0 Å². The molecule has 3 heterocycles. The van der Waals surface area contributed by atoms with Crippen molar-refractivity contribution in [2.45, 2.75) is 58.6 Å². The third-order valence-corrected chi connectivity index (χ3v) is 6.29. The zero-order valence-corrected chi connectivity index (χ0v) is 20.1. The van der Waals surface area contributed by atoms with Crippen molar-refractivity contribution >= 4 is 33.7 Å². The molecule has 1 aliphatic rings. The number of fused-ring (bicyclic) bond motifs is 3. The third-order valence-electron chi connectivity index (χ3n) is 6.29. The molecule has 0 saturated carbocycles. The summed E-state index contributed by atoms with van der Waals surface area (Å²) in [6, 6.07) is 5.92. The van der Waals surface area contributed by atoms with Crippen LogP contribution < -0.4 is 16.2 Å². The number of unbranched alkanes of at least 4 members (excludes halogenated alkanes) is 1. The molecule has 1 aliphatic heterocycles. The highest BCUT2D eigenvalue weighted by molar-refractivity contribution is 6.06. The van der Waals surface area contributed by atoms with Gasteiger partial charge in [0.25, 0.3) is 0 Å². The van der Waals surface area contributed by atoms with Gasteiger partial charge >= 0.3 is 0 Å². The van der Waals surface area contributed by atoms with Gasteiger partial charge in [-0.1, -0.05) is 0 Å². The lowest BCUT2D eigenvalue weighted by Gasteiger charge is -2.26. The van der Waals surface area contributed by atoms with Crippen molar-refractivity contribution < 1.29 is 14.3 Å². The normalized spacial score (nSPS) is 14.4. The van der Waals surface area contributed by atoms with Gasteiger partial charge in [0.15, 0.2) is 5.82 Å². The number of ether oxygens (including phenoxy) is 2. The van der Waals surface area contributed by atoms with Crippen LogP contribution in [0.25, 0.3) is 21.9 Å². The molecule has 9 nitrogen and oxygen atoms in total. The zero-order chi connectivity index (χ0) is 23.9.